The SMILES string of the molecule is OCCCc1nc2ccc(-c3nc4ccc(-c5nc6ccc(-c7ccccc7)cc6[nH]5)cc4[nH]3)cc2[nH]1. The fourth-order valence-corrected chi connectivity index (χ4v) is 4.82. The highest BCUT2D eigenvalue weighted by Crippen LogP contribution is 2.29. The standard InChI is InChI=1S/C30H24N6O/c37-14-4-7-28-31-22-12-9-20(16-25(22)32-28)29-34-24-13-10-21(17-27(24)36-29)30-33-23-11-8-19(15-26(23)35-30)18-5-2-1-3-6-18/h1-3,5-6,8-13,15-17,37H,4,7,14H2,(H,31,32)(H,33,35)(H,34,36). The predicted molar refractivity (Wildman–Crippen MR) is 147 cm³/mol. The number of imidazole rings is 3. The molecule has 7 rings (SSSR count). The van der Waals surface area contributed by atoms with Gasteiger partial charge in [-0.25, -0.2) is 15.0 Å². The highest BCUT2D eigenvalue weighted by Gasteiger charge is 2.12. The van der Waals surface area contributed by atoms with Gasteiger partial charge in [0.15, 0.2) is 0 Å². The number of aliphatic hydroxyl groups is 1. The van der Waals surface area contributed by atoms with Crippen molar-refractivity contribution in [1.82, 2.24) is 29.9 Å². The van der Waals surface area contributed by atoms with Crippen LogP contribution in [-0.4, -0.2) is 41.6 Å². The smallest absolute Gasteiger partial charge is 0.138 e. The molecule has 3 aromatic heterocycles. The summed E-state index contributed by atoms with van der Waals surface area (Å²) < 4.78 is 0. The number of aryl methyl sites for hydroxylation is 1. The first-order valence-electron chi connectivity index (χ1n) is 12.4. The molecule has 0 atom stereocenters. The number of fused-ring (bicyclic) bond motifs is 3. The minimum absolute atomic E-state index is 0.159. The lowest BCUT2D eigenvalue weighted by molar-refractivity contribution is 0.287. The maximum atomic E-state index is 9.09. The maximum Gasteiger partial charge on any atom is 0.138 e. The number of rotatable bonds is 6. The Morgan fingerprint density at radius 3 is 1.70 bits per heavy atom. The molecule has 0 saturated carbocycles. The van der Waals surface area contributed by atoms with E-state index in [-0.39, 0.29) is 6.61 Å². The van der Waals surface area contributed by atoms with Crippen molar-refractivity contribution in [3.05, 3.63) is 90.8 Å². The molecule has 7 aromatic rings. The zero-order valence-corrected chi connectivity index (χ0v) is 20.0. The van der Waals surface area contributed by atoms with Crippen molar-refractivity contribution in [1.29, 1.82) is 0 Å². The third-order valence-corrected chi connectivity index (χ3v) is 6.72. The summed E-state index contributed by atoms with van der Waals surface area (Å²) in [7, 11) is 0. The minimum atomic E-state index is 0.159. The lowest BCUT2D eigenvalue weighted by Gasteiger charge is -2.00. The third kappa shape index (κ3) is 3.95. The lowest BCUT2D eigenvalue weighted by atomic mass is 10.1. The number of hydrogen-bond donors (Lipinski definition) is 4. The van der Waals surface area contributed by atoms with E-state index < -0.39 is 0 Å². The van der Waals surface area contributed by atoms with Crippen LogP contribution in [0.15, 0.2) is 84.9 Å². The molecule has 0 bridgehead atoms. The number of nitrogens with one attached hydrogen (secondary N) is 3. The lowest BCUT2D eigenvalue weighted by Crippen LogP contribution is -1.90. The molecule has 3 heterocycles. The molecule has 7 nitrogen and oxygen atoms in total. The molecule has 0 spiro atoms. The fourth-order valence-electron chi connectivity index (χ4n) is 4.82. The third-order valence-electron chi connectivity index (χ3n) is 6.72. The van der Waals surface area contributed by atoms with Gasteiger partial charge in [-0.2, -0.15) is 0 Å². The van der Waals surface area contributed by atoms with Crippen LogP contribution in [0.3, 0.4) is 0 Å². The van der Waals surface area contributed by atoms with E-state index in [1.807, 2.05) is 30.3 Å². The Hall–Kier alpha value is -4.75. The highest BCUT2D eigenvalue weighted by atomic mass is 16.2. The van der Waals surface area contributed by atoms with Gasteiger partial charge >= 0.3 is 0 Å². The second-order valence-electron chi connectivity index (χ2n) is 9.24. The van der Waals surface area contributed by atoms with Crippen LogP contribution in [0.5, 0.6) is 0 Å². The van der Waals surface area contributed by atoms with Gasteiger partial charge in [0, 0.05) is 24.2 Å². The Labute approximate surface area is 212 Å². The summed E-state index contributed by atoms with van der Waals surface area (Å²) in [5.41, 5.74) is 9.99. The molecule has 4 N–H and O–H groups in total. The van der Waals surface area contributed by atoms with Crippen molar-refractivity contribution < 1.29 is 5.11 Å². The Kier molecular flexibility index (Phi) is 5.08. The zero-order chi connectivity index (χ0) is 24.8. The zero-order valence-electron chi connectivity index (χ0n) is 20.0. The first kappa shape index (κ1) is 21.5. The fraction of sp³-hybridized carbons (Fsp3) is 0.100. The molecule has 4 aromatic carbocycles. The molecule has 0 fully saturated rings. The molecule has 0 amide bonds. The van der Waals surface area contributed by atoms with Crippen LogP contribution in [0.2, 0.25) is 0 Å². The van der Waals surface area contributed by atoms with Gasteiger partial charge in [0.05, 0.1) is 33.1 Å². The summed E-state index contributed by atoms with van der Waals surface area (Å²) in [6.45, 7) is 0.159. The van der Waals surface area contributed by atoms with Gasteiger partial charge in [0.2, 0.25) is 0 Å². The first-order valence-corrected chi connectivity index (χ1v) is 12.4. The van der Waals surface area contributed by atoms with Gasteiger partial charge in [-0.05, 0) is 66.1 Å². The van der Waals surface area contributed by atoms with E-state index in [1.54, 1.807) is 0 Å². The molecular weight excluding hydrogens is 460 g/mol. The summed E-state index contributed by atoms with van der Waals surface area (Å²) in [6, 6.07) is 28.9. The van der Waals surface area contributed by atoms with Crippen molar-refractivity contribution in [3.63, 3.8) is 0 Å². The van der Waals surface area contributed by atoms with E-state index in [2.05, 4.69) is 74.5 Å². The molecule has 180 valence electrons. The quantitative estimate of drug-likeness (QED) is 0.224. The van der Waals surface area contributed by atoms with Crippen LogP contribution in [0.25, 0.3) is 67.0 Å². The molecule has 7 heteroatoms. The summed E-state index contributed by atoms with van der Waals surface area (Å²) >= 11 is 0. The summed E-state index contributed by atoms with van der Waals surface area (Å²) in [5, 5.41) is 9.09. The molecular formula is C30H24N6O. The Bertz CT molecular complexity index is 1880. The Morgan fingerprint density at radius 1 is 0.541 bits per heavy atom. The van der Waals surface area contributed by atoms with Gasteiger partial charge < -0.3 is 20.1 Å². The monoisotopic (exact) mass is 484 g/mol. The van der Waals surface area contributed by atoms with E-state index in [4.69, 9.17) is 15.1 Å². The van der Waals surface area contributed by atoms with Crippen LogP contribution in [0, 0.1) is 0 Å². The second kappa shape index (κ2) is 8.72. The van der Waals surface area contributed by atoms with Crippen LogP contribution >= 0.6 is 0 Å². The first-order chi connectivity index (χ1) is 18.2. The number of nitrogens with zero attached hydrogens (tertiary/aromatic N) is 3. The number of aromatic amines is 3. The van der Waals surface area contributed by atoms with E-state index in [0.717, 1.165) is 73.7 Å². The van der Waals surface area contributed by atoms with Crippen molar-refractivity contribution in [3.8, 4) is 33.9 Å². The van der Waals surface area contributed by atoms with E-state index in [9.17, 15) is 0 Å². The largest absolute Gasteiger partial charge is 0.396 e. The van der Waals surface area contributed by atoms with Crippen molar-refractivity contribution in [2.45, 2.75) is 12.8 Å². The van der Waals surface area contributed by atoms with Crippen molar-refractivity contribution in [2.75, 3.05) is 6.61 Å². The summed E-state index contributed by atoms with van der Waals surface area (Å²) in [6.07, 6.45) is 1.42. The predicted octanol–water partition coefficient (Wildman–Crippen LogP) is 6.24. The van der Waals surface area contributed by atoms with Gasteiger partial charge in [0.25, 0.3) is 0 Å². The maximum absolute atomic E-state index is 9.09. The van der Waals surface area contributed by atoms with Gasteiger partial charge in [0.1, 0.15) is 17.5 Å². The number of hydrogen-bond acceptors (Lipinski definition) is 4. The molecule has 37 heavy (non-hydrogen) atoms. The Morgan fingerprint density at radius 2 is 1.08 bits per heavy atom. The topological polar surface area (TPSA) is 106 Å². The second-order valence-corrected chi connectivity index (χ2v) is 9.24. The summed E-state index contributed by atoms with van der Waals surface area (Å²) in [5.74, 6) is 2.52. The van der Waals surface area contributed by atoms with Crippen molar-refractivity contribution >= 4 is 33.1 Å². The molecule has 0 saturated heterocycles. The number of benzene rings is 4. The van der Waals surface area contributed by atoms with E-state index in [1.165, 1.54) is 5.56 Å². The minimum Gasteiger partial charge on any atom is -0.396 e. The molecule has 0 aliphatic carbocycles. The van der Waals surface area contributed by atoms with Crippen LogP contribution in [-0.2, 0) is 6.42 Å². The Balaban J connectivity index is 1.21. The van der Waals surface area contributed by atoms with Crippen LogP contribution in [0.4, 0.5) is 0 Å². The number of aliphatic hydroxyl groups excluding tert-OH is 1. The van der Waals surface area contributed by atoms with E-state index in [0.29, 0.717) is 6.42 Å². The average Bonchev–Trinajstić information content (AvgIpc) is 3.67. The molecule has 0 aliphatic rings. The molecule has 0 unspecified atom stereocenters. The van der Waals surface area contributed by atoms with Crippen molar-refractivity contribution in [2.24, 2.45) is 0 Å². The number of aromatic nitrogens is 6. The van der Waals surface area contributed by atoms with E-state index >= 15 is 0 Å². The highest BCUT2D eigenvalue weighted by molar-refractivity contribution is 5.88. The molecule has 0 radical (unpaired) electrons. The van der Waals surface area contributed by atoms with Gasteiger partial charge in [-0.1, -0.05) is 36.4 Å². The normalized spacial score (nSPS) is 11.7. The van der Waals surface area contributed by atoms with Crippen LogP contribution < -0.4 is 0 Å². The summed E-state index contributed by atoms with van der Waals surface area (Å²) in [4.78, 5) is 24.6. The van der Waals surface area contributed by atoms with Gasteiger partial charge in [-0.3, -0.25) is 0 Å². The molecule has 0 aliphatic heterocycles. The van der Waals surface area contributed by atoms with Gasteiger partial charge in [-0.15, -0.1) is 0 Å². The average molecular weight is 485 g/mol. The van der Waals surface area contributed by atoms with Crippen LogP contribution in [0.1, 0.15) is 12.2 Å². The number of H-pyrrole nitrogens is 3.